The normalized spacial score (nSPS) is 22.0. The van der Waals surface area contributed by atoms with Gasteiger partial charge in [-0.1, -0.05) is 25.5 Å². The van der Waals surface area contributed by atoms with Gasteiger partial charge in [-0.2, -0.15) is 0 Å². The van der Waals surface area contributed by atoms with Crippen LogP contribution in [0.4, 0.5) is 0 Å². The largest absolute Gasteiger partial charge is 0.338 e. The number of hydrogen-bond donors (Lipinski definition) is 0. The smallest absolute Gasteiger partial charge is 0.219 e. The van der Waals surface area contributed by atoms with E-state index in [1.54, 1.807) is 6.92 Å². The van der Waals surface area contributed by atoms with Crippen LogP contribution in [0.2, 0.25) is 0 Å². The van der Waals surface area contributed by atoms with Crippen molar-refractivity contribution in [3.8, 4) is 0 Å². The first-order chi connectivity index (χ1) is 5.41. The van der Waals surface area contributed by atoms with Gasteiger partial charge in [-0.05, 0) is 6.92 Å². The minimum absolute atomic E-state index is 0.147. The van der Waals surface area contributed by atoms with Gasteiger partial charge in [0.2, 0.25) is 5.91 Å². The molecule has 0 aromatic carbocycles. The summed E-state index contributed by atoms with van der Waals surface area (Å²) in [6.07, 6.45) is 2.26. The minimum atomic E-state index is 0.147. The molecule has 68 valence electrons. The zero-order chi connectivity index (χ0) is 9.35. The molecule has 0 fully saturated rings. The molecule has 0 atom stereocenters. The predicted molar refractivity (Wildman–Crippen MR) is 49.8 cm³/mol. The van der Waals surface area contributed by atoms with E-state index >= 15 is 0 Å². The third-order valence-corrected chi connectivity index (χ3v) is 2.12. The molecule has 0 bridgehead atoms. The average molecular weight is 167 g/mol. The van der Waals surface area contributed by atoms with Gasteiger partial charge in [-0.3, -0.25) is 4.79 Å². The van der Waals surface area contributed by atoms with Crippen molar-refractivity contribution in [3.05, 3.63) is 11.6 Å². The lowest BCUT2D eigenvalue weighted by Gasteiger charge is -2.35. The van der Waals surface area contributed by atoms with E-state index in [9.17, 15) is 4.79 Å². The molecule has 1 heterocycles. The highest BCUT2D eigenvalue weighted by Gasteiger charge is 2.25. The van der Waals surface area contributed by atoms with Crippen molar-refractivity contribution in [1.82, 2.24) is 4.90 Å². The summed E-state index contributed by atoms with van der Waals surface area (Å²) in [5, 5.41) is 0. The van der Waals surface area contributed by atoms with Gasteiger partial charge in [-0.15, -0.1) is 0 Å². The fraction of sp³-hybridized carbons (Fsp3) is 0.700. The van der Waals surface area contributed by atoms with E-state index in [2.05, 4.69) is 26.8 Å². The molecule has 1 rings (SSSR count). The van der Waals surface area contributed by atoms with Crippen LogP contribution in [-0.2, 0) is 4.79 Å². The number of carbonyl (C=O) groups excluding carboxylic acids is 1. The molecule has 0 unspecified atom stereocenters. The molecule has 0 aromatic heterocycles. The van der Waals surface area contributed by atoms with E-state index in [1.807, 2.05) is 4.90 Å². The lowest BCUT2D eigenvalue weighted by molar-refractivity contribution is -0.129. The molecule has 0 radical (unpaired) electrons. The molecule has 0 saturated heterocycles. The summed E-state index contributed by atoms with van der Waals surface area (Å²) in [5.41, 5.74) is 1.44. The molecule has 1 amide bonds. The van der Waals surface area contributed by atoms with Gasteiger partial charge in [-0.25, -0.2) is 0 Å². The Morgan fingerprint density at radius 3 is 2.58 bits per heavy atom. The standard InChI is InChI=1S/C10H17NO/c1-8-5-10(3,4)7-11(6-8)9(2)12/h5H,6-7H2,1-4H3. The molecule has 0 aromatic rings. The van der Waals surface area contributed by atoms with Gasteiger partial charge >= 0.3 is 0 Å². The number of amides is 1. The van der Waals surface area contributed by atoms with Gasteiger partial charge in [0.25, 0.3) is 0 Å². The maximum atomic E-state index is 11.1. The van der Waals surface area contributed by atoms with E-state index in [0.717, 1.165) is 13.1 Å². The Balaban J connectivity index is 2.79. The van der Waals surface area contributed by atoms with Crippen molar-refractivity contribution in [2.45, 2.75) is 27.7 Å². The van der Waals surface area contributed by atoms with Gasteiger partial charge in [0.15, 0.2) is 0 Å². The molecular weight excluding hydrogens is 150 g/mol. The van der Waals surface area contributed by atoms with Crippen molar-refractivity contribution in [3.63, 3.8) is 0 Å². The second-order valence-corrected chi connectivity index (χ2v) is 4.35. The summed E-state index contributed by atoms with van der Waals surface area (Å²) in [7, 11) is 0. The molecule has 1 aliphatic heterocycles. The number of carbonyl (C=O) groups is 1. The Hall–Kier alpha value is -0.790. The monoisotopic (exact) mass is 167 g/mol. The van der Waals surface area contributed by atoms with Crippen molar-refractivity contribution < 1.29 is 4.79 Å². The Morgan fingerprint density at radius 2 is 2.17 bits per heavy atom. The van der Waals surface area contributed by atoms with Crippen LogP contribution in [0.5, 0.6) is 0 Å². The number of rotatable bonds is 0. The third kappa shape index (κ3) is 2.10. The Labute approximate surface area is 74.2 Å². The molecule has 1 aliphatic rings. The SMILES string of the molecule is CC(=O)N1CC(C)=CC(C)(C)C1. The lowest BCUT2D eigenvalue weighted by Crippen LogP contribution is -2.41. The molecule has 0 aliphatic carbocycles. The highest BCUT2D eigenvalue weighted by molar-refractivity contribution is 5.73. The highest BCUT2D eigenvalue weighted by Crippen LogP contribution is 2.25. The van der Waals surface area contributed by atoms with Crippen LogP contribution in [0.3, 0.4) is 0 Å². The minimum Gasteiger partial charge on any atom is -0.338 e. The van der Waals surface area contributed by atoms with Crippen LogP contribution in [0, 0.1) is 5.41 Å². The van der Waals surface area contributed by atoms with Gasteiger partial charge < -0.3 is 4.90 Å². The van der Waals surface area contributed by atoms with Crippen LogP contribution < -0.4 is 0 Å². The lowest BCUT2D eigenvalue weighted by atomic mass is 9.87. The fourth-order valence-electron chi connectivity index (χ4n) is 1.83. The molecule has 2 nitrogen and oxygen atoms in total. The zero-order valence-corrected chi connectivity index (χ0v) is 8.35. The summed E-state index contributed by atoms with van der Waals surface area (Å²) < 4.78 is 0. The van der Waals surface area contributed by atoms with Gasteiger partial charge in [0.05, 0.1) is 0 Å². The van der Waals surface area contributed by atoms with Crippen molar-refractivity contribution >= 4 is 5.91 Å². The predicted octanol–water partition coefficient (Wildman–Crippen LogP) is 1.82. The van der Waals surface area contributed by atoms with Crippen LogP contribution >= 0.6 is 0 Å². The Bertz CT molecular complexity index is 228. The van der Waals surface area contributed by atoms with E-state index < -0.39 is 0 Å². The number of nitrogens with zero attached hydrogens (tertiary/aromatic N) is 1. The second-order valence-electron chi connectivity index (χ2n) is 4.35. The molecular formula is C10H17NO. The summed E-state index contributed by atoms with van der Waals surface area (Å²) in [4.78, 5) is 13.0. The average Bonchev–Trinajstić information content (AvgIpc) is 1.82. The van der Waals surface area contributed by atoms with Gasteiger partial charge in [0, 0.05) is 25.4 Å². The first-order valence-electron chi connectivity index (χ1n) is 4.34. The first kappa shape index (κ1) is 9.30. The summed E-state index contributed by atoms with van der Waals surface area (Å²) in [6, 6.07) is 0. The van der Waals surface area contributed by atoms with Crippen LogP contribution in [-0.4, -0.2) is 23.9 Å². The maximum Gasteiger partial charge on any atom is 0.219 e. The topological polar surface area (TPSA) is 20.3 Å². The van der Waals surface area contributed by atoms with E-state index in [-0.39, 0.29) is 11.3 Å². The summed E-state index contributed by atoms with van der Waals surface area (Å²) in [6.45, 7) is 9.68. The molecule has 12 heavy (non-hydrogen) atoms. The highest BCUT2D eigenvalue weighted by atomic mass is 16.2. The fourth-order valence-corrected chi connectivity index (χ4v) is 1.83. The first-order valence-corrected chi connectivity index (χ1v) is 4.34. The Morgan fingerprint density at radius 1 is 1.58 bits per heavy atom. The summed E-state index contributed by atoms with van der Waals surface area (Å²) >= 11 is 0. The molecule has 2 heteroatoms. The van der Waals surface area contributed by atoms with Crippen molar-refractivity contribution in [1.29, 1.82) is 0 Å². The van der Waals surface area contributed by atoms with Crippen LogP contribution in [0.15, 0.2) is 11.6 Å². The van der Waals surface area contributed by atoms with E-state index in [1.165, 1.54) is 5.57 Å². The molecule has 0 spiro atoms. The molecule has 0 N–H and O–H groups in total. The zero-order valence-electron chi connectivity index (χ0n) is 8.35. The van der Waals surface area contributed by atoms with Crippen molar-refractivity contribution in [2.24, 2.45) is 5.41 Å². The van der Waals surface area contributed by atoms with E-state index in [4.69, 9.17) is 0 Å². The quantitative estimate of drug-likeness (QED) is 0.504. The summed E-state index contributed by atoms with van der Waals surface area (Å²) in [5.74, 6) is 0.176. The number of hydrogen-bond acceptors (Lipinski definition) is 1. The maximum absolute atomic E-state index is 11.1. The third-order valence-electron chi connectivity index (χ3n) is 2.12. The van der Waals surface area contributed by atoms with Crippen molar-refractivity contribution in [2.75, 3.05) is 13.1 Å². The Kier molecular flexibility index (Phi) is 2.27. The van der Waals surface area contributed by atoms with E-state index in [0.29, 0.717) is 0 Å². The second kappa shape index (κ2) is 2.92. The van der Waals surface area contributed by atoms with Gasteiger partial charge in [0.1, 0.15) is 0 Å². The van der Waals surface area contributed by atoms with Crippen LogP contribution in [0.1, 0.15) is 27.7 Å². The van der Waals surface area contributed by atoms with Crippen LogP contribution in [0.25, 0.3) is 0 Å². The molecule has 0 saturated carbocycles.